The van der Waals surface area contributed by atoms with E-state index in [9.17, 15) is 13.2 Å². The Hall–Kier alpha value is -1.62. The van der Waals surface area contributed by atoms with Crippen LogP contribution in [0.3, 0.4) is 0 Å². The number of hydrogen-bond acceptors (Lipinski definition) is 4. The summed E-state index contributed by atoms with van der Waals surface area (Å²) in [5, 5.41) is 0. The van der Waals surface area contributed by atoms with Gasteiger partial charge in [0, 0.05) is 30.3 Å². The first-order valence-corrected chi connectivity index (χ1v) is 11.3. The predicted octanol–water partition coefficient (Wildman–Crippen LogP) is 4.38. The van der Waals surface area contributed by atoms with Gasteiger partial charge in [-0.3, -0.25) is 4.79 Å². The molecule has 1 heterocycles. The molecule has 0 spiro atoms. The minimum absolute atomic E-state index is 0.102. The summed E-state index contributed by atoms with van der Waals surface area (Å²) in [4.78, 5) is 15.3. The van der Waals surface area contributed by atoms with Crippen LogP contribution in [0.15, 0.2) is 45.0 Å². The van der Waals surface area contributed by atoms with E-state index in [4.69, 9.17) is 0 Å². The molecular weight excluding hydrogens is 346 g/mol. The fourth-order valence-electron chi connectivity index (χ4n) is 4.62. The Morgan fingerprint density at radius 3 is 2.62 bits per heavy atom. The maximum atomic E-state index is 13.2. The molecule has 1 unspecified atom stereocenters. The first kappa shape index (κ1) is 17.8. The van der Waals surface area contributed by atoms with Crippen LogP contribution in [0.1, 0.15) is 64.7 Å². The lowest BCUT2D eigenvalue weighted by molar-refractivity contribution is -0.119. The molecule has 4 rings (SSSR count). The molecule has 0 aromatic heterocycles. The van der Waals surface area contributed by atoms with Gasteiger partial charge >= 0.3 is 0 Å². The number of sulfone groups is 1. The van der Waals surface area contributed by atoms with Crippen LogP contribution in [0, 0.1) is 5.92 Å². The van der Waals surface area contributed by atoms with Gasteiger partial charge in [0.1, 0.15) is 5.78 Å². The zero-order valence-corrected chi connectivity index (χ0v) is 16.3. The highest BCUT2D eigenvalue weighted by Crippen LogP contribution is 2.45. The van der Waals surface area contributed by atoms with Gasteiger partial charge in [-0.15, -0.1) is 0 Å². The molecule has 4 aliphatic rings. The van der Waals surface area contributed by atoms with Crippen molar-refractivity contribution in [3.05, 3.63) is 45.0 Å². The van der Waals surface area contributed by atoms with Crippen molar-refractivity contribution >= 4 is 15.6 Å². The molecule has 0 N–H and O–H groups in total. The molecule has 0 aromatic rings. The number of carbonyl (C=O) groups is 1. The van der Waals surface area contributed by atoms with Crippen molar-refractivity contribution in [2.75, 3.05) is 6.54 Å². The molecule has 0 radical (unpaired) electrons. The lowest BCUT2D eigenvalue weighted by Crippen LogP contribution is -2.37. The van der Waals surface area contributed by atoms with Crippen LogP contribution < -0.4 is 0 Å². The molecule has 3 aliphatic carbocycles. The maximum Gasteiger partial charge on any atom is 0.206 e. The summed E-state index contributed by atoms with van der Waals surface area (Å²) in [6.45, 7) is 2.38. The summed E-state index contributed by atoms with van der Waals surface area (Å²) in [6.07, 6.45) is 14.4. The van der Waals surface area contributed by atoms with Gasteiger partial charge in [-0.2, -0.15) is 0 Å². The standard InChI is InChI=1S/C21H27NO3S/c1-15(23)17-11-12-21-19(13-17)22(14-16-7-3-2-4-8-16)18-9-5-6-10-20(18)26(21,24)25/h7,11-12,17H,2-6,8-10,13-14H2,1H3. The molecule has 1 aliphatic heterocycles. The van der Waals surface area contributed by atoms with Gasteiger partial charge in [0.05, 0.1) is 9.81 Å². The van der Waals surface area contributed by atoms with Gasteiger partial charge in [-0.1, -0.05) is 17.7 Å². The van der Waals surface area contributed by atoms with E-state index in [1.165, 1.54) is 18.4 Å². The third-order valence-corrected chi connectivity index (χ3v) is 8.14. The Morgan fingerprint density at radius 2 is 1.88 bits per heavy atom. The van der Waals surface area contributed by atoms with Crippen LogP contribution in [0.4, 0.5) is 0 Å². The van der Waals surface area contributed by atoms with E-state index in [1.807, 2.05) is 0 Å². The van der Waals surface area contributed by atoms with Crippen LogP contribution in [0.25, 0.3) is 0 Å². The van der Waals surface area contributed by atoms with Gasteiger partial charge in [0.25, 0.3) is 0 Å². The van der Waals surface area contributed by atoms with E-state index in [0.29, 0.717) is 22.7 Å². The summed E-state index contributed by atoms with van der Waals surface area (Å²) in [6, 6.07) is 0. The summed E-state index contributed by atoms with van der Waals surface area (Å²) < 4.78 is 26.4. The Morgan fingerprint density at radius 1 is 1.12 bits per heavy atom. The van der Waals surface area contributed by atoms with Crippen LogP contribution in [-0.2, 0) is 14.6 Å². The number of nitrogens with zero attached hydrogens (tertiary/aromatic N) is 1. The second-order valence-corrected chi connectivity index (χ2v) is 9.81. The summed E-state index contributed by atoms with van der Waals surface area (Å²) in [5.41, 5.74) is 3.26. The van der Waals surface area contributed by atoms with E-state index in [2.05, 4.69) is 11.0 Å². The van der Waals surface area contributed by atoms with Gasteiger partial charge < -0.3 is 4.90 Å². The predicted molar refractivity (Wildman–Crippen MR) is 103 cm³/mol. The van der Waals surface area contributed by atoms with E-state index >= 15 is 0 Å². The molecule has 26 heavy (non-hydrogen) atoms. The van der Waals surface area contributed by atoms with Gasteiger partial charge in [-0.25, -0.2) is 8.42 Å². The van der Waals surface area contributed by atoms with Gasteiger partial charge in [0.15, 0.2) is 0 Å². The van der Waals surface area contributed by atoms with Crippen molar-refractivity contribution in [3.8, 4) is 0 Å². The minimum atomic E-state index is -3.41. The molecule has 0 fully saturated rings. The SMILES string of the molecule is CC(=O)C1C=CC2=C(C1)N(CC1=CCCCC1)C1=C(CCCC1)S2(=O)=O. The maximum absolute atomic E-state index is 13.2. The third-order valence-electron chi connectivity index (χ3n) is 6.10. The number of allylic oxidation sites excluding steroid dienone is 6. The van der Waals surface area contributed by atoms with Crippen LogP contribution in [0.2, 0.25) is 0 Å². The second kappa shape index (κ2) is 6.84. The third kappa shape index (κ3) is 3.00. The van der Waals surface area contributed by atoms with Crippen LogP contribution in [0.5, 0.6) is 0 Å². The van der Waals surface area contributed by atoms with Crippen LogP contribution in [-0.4, -0.2) is 25.6 Å². The summed E-state index contributed by atoms with van der Waals surface area (Å²) >= 11 is 0. The first-order chi connectivity index (χ1) is 12.5. The minimum Gasteiger partial charge on any atom is -0.342 e. The highest BCUT2D eigenvalue weighted by Gasteiger charge is 2.40. The molecule has 0 saturated carbocycles. The monoisotopic (exact) mass is 373 g/mol. The topological polar surface area (TPSA) is 54.5 Å². The number of Topliss-reactive ketones (excluding diaryl/α,β-unsaturated/α-hetero) is 1. The highest BCUT2D eigenvalue weighted by molar-refractivity contribution is 7.99. The van der Waals surface area contributed by atoms with Crippen molar-refractivity contribution in [1.29, 1.82) is 0 Å². The largest absolute Gasteiger partial charge is 0.342 e. The van der Waals surface area contributed by atoms with Crippen molar-refractivity contribution in [1.82, 2.24) is 4.90 Å². The molecule has 4 nitrogen and oxygen atoms in total. The fourth-order valence-corrected chi connectivity index (χ4v) is 6.58. The quantitative estimate of drug-likeness (QED) is 0.689. The van der Waals surface area contributed by atoms with E-state index in [1.54, 1.807) is 19.1 Å². The Labute approximate surface area is 156 Å². The van der Waals surface area contributed by atoms with Crippen molar-refractivity contribution in [2.24, 2.45) is 5.92 Å². The van der Waals surface area contributed by atoms with Gasteiger partial charge in [0.2, 0.25) is 9.84 Å². The van der Waals surface area contributed by atoms with E-state index in [0.717, 1.165) is 50.0 Å². The molecule has 0 aromatic carbocycles. The number of carbonyl (C=O) groups excluding carboxylic acids is 1. The lowest BCUT2D eigenvalue weighted by atomic mass is 9.91. The zero-order valence-electron chi connectivity index (χ0n) is 15.5. The average molecular weight is 374 g/mol. The Kier molecular flexibility index (Phi) is 4.68. The number of rotatable bonds is 3. The molecule has 0 bridgehead atoms. The van der Waals surface area contributed by atoms with Crippen LogP contribution >= 0.6 is 0 Å². The smallest absolute Gasteiger partial charge is 0.206 e. The first-order valence-electron chi connectivity index (χ1n) is 9.83. The molecule has 0 saturated heterocycles. The molecule has 5 heteroatoms. The normalized spacial score (nSPS) is 27.8. The van der Waals surface area contributed by atoms with E-state index in [-0.39, 0.29) is 11.7 Å². The average Bonchev–Trinajstić information content (AvgIpc) is 2.66. The van der Waals surface area contributed by atoms with Crippen molar-refractivity contribution in [3.63, 3.8) is 0 Å². The fraction of sp³-hybridized carbons (Fsp3) is 0.571. The molecular formula is C21H27NO3S. The number of ketones is 1. The molecule has 0 amide bonds. The van der Waals surface area contributed by atoms with Crippen molar-refractivity contribution < 1.29 is 13.2 Å². The summed E-state index contributed by atoms with van der Waals surface area (Å²) in [5.74, 6) is -0.108. The van der Waals surface area contributed by atoms with Crippen molar-refractivity contribution in [2.45, 2.75) is 64.7 Å². The lowest BCUT2D eigenvalue weighted by Gasteiger charge is -2.41. The Bertz CT molecular complexity index is 858. The molecule has 140 valence electrons. The van der Waals surface area contributed by atoms with Gasteiger partial charge in [-0.05, 0) is 64.4 Å². The Balaban J connectivity index is 1.79. The second-order valence-electron chi connectivity index (χ2n) is 7.87. The molecule has 1 atom stereocenters. The summed E-state index contributed by atoms with van der Waals surface area (Å²) in [7, 11) is -3.41. The highest BCUT2D eigenvalue weighted by atomic mass is 32.2. The zero-order chi connectivity index (χ0) is 18.3. The number of hydrogen-bond donors (Lipinski definition) is 0. The van der Waals surface area contributed by atoms with E-state index < -0.39 is 9.84 Å².